The molecule has 0 aliphatic carbocycles. The number of carbonyl (C=O) groups is 2. The molecule has 10 heteroatoms. The van der Waals surface area contributed by atoms with Gasteiger partial charge in [0.15, 0.2) is 0 Å². The molecule has 9 nitrogen and oxygen atoms in total. The first-order chi connectivity index (χ1) is 12.2. The summed E-state index contributed by atoms with van der Waals surface area (Å²) in [6.07, 6.45) is 0.661. The standard InChI is InChI=1S/C16H21BN2O7/c1-16(18,15(22)23)8-19-6-10(7-19)25-11-3-2-9-4-5-17(24)26-13(9)12(11)14(20)21/h2-3,10,24H,4-8,18H2,1H3,(H,20,21)(H,22,23). The third-order valence-corrected chi connectivity index (χ3v) is 4.59. The normalized spacial score (nSPS) is 19.7. The van der Waals surface area contributed by atoms with Crippen LogP contribution in [0.1, 0.15) is 22.8 Å². The first-order valence-corrected chi connectivity index (χ1v) is 8.32. The molecule has 0 saturated carbocycles. The molecule has 1 saturated heterocycles. The molecule has 1 unspecified atom stereocenters. The molecule has 0 spiro atoms. The number of ether oxygens (including phenoxy) is 1. The predicted octanol–water partition coefficient (Wildman–Crippen LogP) is -0.335. The fraction of sp³-hybridized carbons (Fsp3) is 0.500. The number of hydrogen-bond acceptors (Lipinski definition) is 7. The van der Waals surface area contributed by atoms with Crippen molar-refractivity contribution in [1.82, 2.24) is 4.90 Å². The zero-order valence-corrected chi connectivity index (χ0v) is 14.3. The number of carboxylic acids is 2. The van der Waals surface area contributed by atoms with Crippen LogP contribution < -0.4 is 15.1 Å². The number of aromatic carboxylic acids is 1. The second kappa shape index (κ2) is 6.78. The van der Waals surface area contributed by atoms with Crippen LogP contribution >= 0.6 is 0 Å². The van der Waals surface area contributed by atoms with Gasteiger partial charge in [-0.1, -0.05) is 6.07 Å². The van der Waals surface area contributed by atoms with Crippen molar-refractivity contribution in [3.05, 3.63) is 23.3 Å². The Hall–Kier alpha value is -2.30. The van der Waals surface area contributed by atoms with Crippen LogP contribution in [0.5, 0.6) is 11.5 Å². The summed E-state index contributed by atoms with van der Waals surface area (Å²) in [5, 5.41) is 28.3. The lowest BCUT2D eigenvalue weighted by Gasteiger charge is -2.42. The minimum atomic E-state index is -1.35. The molecule has 0 amide bonds. The van der Waals surface area contributed by atoms with Crippen LogP contribution in [0.25, 0.3) is 0 Å². The predicted molar refractivity (Wildman–Crippen MR) is 91.6 cm³/mol. The Morgan fingerprint density at radius 2 is 2.12 bits per heavy atom. The highest BCUT2D eigenvalue weighted by Crippen LogP contribution is 2.37. The maximum absolute atomic E-state index is 11.7. The van der Waals surface area contributed by atoms with E-state index in [4.69, 9.17) is 20.2 Å². The van der Waals surface area contributed by atoms with Gasteiger partial charge < -0.3 is 30.4 Å². The minimum Gasteiger partial charge on any atom is -0.535 e. The van der Waals surface area contributed by atoms with Crippen LogP contribution in [-0.4, -0.2) is 70.5 Å². The molecule has 1 aromatic rings. The zero-order valence-electron chi connectivity index (χ0n) is 14.3. The van der Waals surface area contributed by atoms with Crippen LogP contribution in [0, 0.1) is 0 Å². The van der Waals surface area contributed by atoms with Gasteiger partial charge in [0.25, 0.3) is 0 Å². The molecule has 140 valence electrons. The van der Waals surface area contributed by atoms with Gasteiger partial charge in [-0.3, -0.25) is 9.69 Å². The molecule has 2 heterocycles. The third kappa shape index (κ3) is 3.62. The monoisotopic (exact) mass is 364 g/mol. The molecule has 1 aromatic carbocycles. The zero-order chi connectivity index (χ0) is 19.1. The number of fused-ring (bicyclic) bond motifs is 1. The van der Waals surface area contributed by atoms with Crippen LogP contribution in [0.4, 0.5) is 0 Å². The van der Waals surface area contributed by atoms with E-state index in [0.29, 0.717) is 25.8 Å². The summed E-state index contributed by atoms with van der Waals surface area (Å²) in [6.45, 7) is 2.51. The first-order valence-electron chi connectivity index (χ1n) is 8.32. The van der Waals surface area contributed by atoms with Gasteiger partial charge in [-0.25, -0.2) is 4.79 Å². The Morgan fingerprint density at radius 1 is 1.42 bits per heavy atom. The molecule has 0 aromatic heterocycles. The topological polar surface area (TPSA) is 143 Å². The maximum Gasteiger partial charge on any atom is 0.522 e. The van der Waals surface area contributed by atoms with E-state index in [1.807, 2.05) is 4.90 Å². The number of aryl methyl sites for hydroxylation is 1. The Bertz CT molecular complexity index is 734. The smallest absolute Gasteiger partial charge is 0.522 e. The summed E-state index contributed by atoms with van der Waals surface area (Å²) < 4.78 is 11.1. The molecule has 2 aliphatic heterocycles. The van der Waals surface area contributed by atoms with Crippen LogP contribution in [-0.2, 0) is 11.2 Å². The van der Waals surface area contributed by atoms with Crippen LogP contribution in [0.2, 0.25) is 6.32 Å². The Balaban J connectivity index is 1.69. The van der Waals surface area contributed by atoms with Gasteiger partial charge in [-0.2, -0.15) is 0 Å². The lowest BCUT2D eigenvalue weighted by atomic mass is 9.78. The number of aliphatic carboxylic acids is 1. The molecular formula is C16H21BN2O7. The number of likely N-dealkylation sites (tertiary alicyclic amines) is 1. The van der Waals surface area contributed by atoms with Crippen molar-refractivity contribution in [2.45, 2.75) is 31.3 Å². The molecule has 1 fully saturated rings. The molecule has 26 heavy (non-hydrogen) atoms. The van der Waals surface area contributed by atoms with E-state index in [0.717, 1.165) is 5.56 Å². The minimum absolute atomic E-state index is 0.103. The number of nitrogens with zero attached hydrogens (tertiary/aromatic N) is 1. The van der Waals surface area contributed by atoms with E-state index < -0.39 is 24.6 Å². The number of rotatable bonds is 6. The number of carboxylic acid groups (broad SMARTS) is 2. The second-order valence-corrected chi connectivity index (χ2v) is 7.00. The maximum atomic E-state index is 11.7. The highest BCUT2D eigenvalue weighted by molar-refractivity contribution is 6.44. The second-order valence-electron chi connectivity index (χ2n) is 7.00. The average Bonchev–Trinajstić information content (AvgIpc) is 2.51. The quantitative estimate of drug-likeness (QED) is 0.499. The van der Waals surface area contributed by atoms with Crippen molar-refractivity contribution in [3.63, 3.8) is 0 Å². The van der Waals surface area contributed by atoms with E-state index in [2.05, 4.69) is 0 Å². The van der Waals surface area contributed by atoms with Gasteiger partial charge in [0.05, 0.1) is 0 Å². The van der Waals surface area contributed by atoms with Gasteiger partial charge in [-0.05, 0) is 31.3 Å². The Morgan fingerprint density at radius 3 is 2.73 bits per heavy atom. The van der Waals surface area contributed by atoms with Crippen molar-refractivity contribution in [2.24, 2.45) is 5.73 Å². The van der Waals surface area contributed by atoms with Gasteiger partial charge in [0, 0.05) is 19.6 Å². The molecule has 0 bridgehead atoms. The van der Waals surface area contributed by atoms with E-state index in [-0.39, 0.29) is 29.7 Å². The van der Waals surface area contributed by atoms with Crippen LogP contribution in [0.15, 0.2) is 12.1 Å². The summed E-state index contributed by atoms with van der Waals surface area (Å²) >= 11 is 0. The van der Waals surface area contributed by atoms with E-state index in [1.54, 1.807) is 12.1 Å². The fourth-order valence-corrected chi connectivity index (χ4v) is 3.15. The summed E-state index contributed by atoms with van der Waals surface area (Å²) in [4.78, 5) is 24.6. The Kier molecular flexibility index (Phi) is 4.83. The van der Waals surface area contributed by atoms with Gasteiger partial charge in [-0.15, -0.1) is 0 Å². The largest absolute Gasteiger partial charge is 0.535 e. The first kappa shape index (κ1) is 18.5. The van der Waals surface area contributed by atoms with E-state index >= 15 is 0 Å². The molecule has 0 radical (unpaired) electrons. The number of nitrogens with two attached hydrogens (primary N) is 1. The van der Waals surface area contributed by atoms with Crippen molar-refractivity contribution in [3.8, 4) is 11.5 Å². The number of benzene rings is 1. The van der Waals surface area contributed by atoms with E-state index in [9.17, 15) is 19.7 Å². The van der Waals surface area contributed by atoms with Crippen molar-refractivity contribution >= 4 is 19.1 Å². The van der Waals surface area contributed by atoms with Gasteiger partial charge in [0.1, 0.15) is 28.7 Å². The molecule has 3 rings (SSSR count). The van der Waals surface area contributed by atoms with Crippen LogP contribution in [0.3, 0.4) is 0 Å². The summed E-state index contributed by atoms with van der Waals surface area (Å²) in [6, 6.07) is 3.33. The van der Waals surface area contributed by atoms with Gasteiger partial charge in [0.2, 0.25) is 0 Å². The fourth-order valence-electron chi connectivity index (χ4n) is 3.15. The summed E-state index contributed by atoms with van der Waals surface area (Å²) in [7, 11) is -1.03. The molecular weight excluding hydrogens is 343 g/mol. The van der Waals surface area contributed by atoms with Crippen molar-refractivity contribution in [2.75, 3.05) is 19.6 Å². The highest BCUT2D eigenvalue weighted by atomic mass is 16.5. The lowest BCUT2D eigenvalue weighted by molar-refractivity contribution is -0.144. The van der Waals surface area contributed by atoms with Crippen molar-refractivity contribution in [1.29, 1.82) is 0 Å². The Labute approximate surface area is 150 Å². The van der Waals surface area contributed by atoms with Crippen molar-refractivity contribution < 1.29 is 34.2 Å². The molecule has 5 N–H and O–H groups in total. The van der Waals surface area contributed by atoms with Gasteiger partial charge >= 0.3 is 19.1 Å². The summed E-state index contributed by atoms with van der Waals surface area (Å²) in [5.41, 5.74) is 4.98. The summed E-state index contributed by atoms with van der Waals surface area (Å²) in [5.74, 6) is -1.96. The SMILES string of the molecule is CC(N)(CN1CC(Oc2ccc3c(c2C(=O)O)OB(O)CC3)C1)C(=O)O. The third-order valence-electron chi connectivity index (χ3n) is 4.59. The lowest BCUT2D eigenvalue weighted by Crippen LogP contribution is -2.62. The average molecular weight is 364 g/mol. The molecule has 1 atom stereocenters. The number of hydrogen-bond donors (Lipinski definition) is 4. The molecule has 2 aliphatic rings. The van der Waals surface area contributed by atoms with E-state index in [1.165, 1.54) is 6.92 Å². The highest BCUT2D eigenvalue weighted by Gasteiger charge is 2.38.